The van der Waals surface area contributed by atoms with Gasteiger partial charge in [0.1, 0.15) is 0 Å². The standard InChI is InChI=1S/C24H38O4.C6H6.C2H4/c1-3-5-7-9-11-15-19-27-23(25)21-17-13-14-18-22(21)24(26)28-20-16-12-10-8-6-4-2;1-2-4-6-5-3-1;1-2/h13-14,17-18H,3-12,15-16,19-20H2,1-2H3;1-6H;1-2H2. The van der Waals surface area contributed by atoms with Crippen LogP contribution in [0.25, 0.3) is 0 Å². The second kappa shape index (κ2) is 25.2. The highest BCUT2D eigenvalue weighted by molar-refractivity contribution is 6.03. The van der Waals surface area contributed by atoms with Crippen molar-refractivity contribution in [1.29, 1.82) is 0 Å². The van der Waals surface area contributed by atoms with E-state index in [0.29, 0.717) is 24.3 Å². The fourth-order valence-electron chi connectivity index (χ4n) is 3.47. The Kier molecular flexibility index (Phi) is 23.2. The fraction of sp³-hybridized carbons (Fsp3) is 0.500. The molecule has 4 heteroatoms. The predicted molar refractivity (Wildman–Crippen MR) is 151 cm³/mol. The number of hydrogen-bond donors (Lipinski definition) is 0. The number of carbonyl (C=O) groups is 2. The van der Waals surface area contributed by atoms with E-state index >= 15 is 0 Å². The van der Waals surface area contributed by atoms with Crippen LogP contribution in [0.4, 0.5) is 0 Å². The summed E-state index contributed by atoms with van der Waals surface area (Å²) >= 11 is 0. The van der Waals surface area contributed by atoms with Crippen molar-refractivity contribution in [2.45, 2.75) is 90.9 Å². The molecule has 0 aliphatic heterocycles. The Hall–Kier alpha value is -2.88. The third-order valence-electron chi connectivity index (χ3n) is 5.50. The summed E-state index contributed by atoms with van der Waals surface area (Å²) in [4.78, 5) is 24.7. The Balaban J connectivity index is 0.00000131. The van der Waals surface area contributed by atoms with Crippen LogP contribution in [0.1, 0.15) is 112 Å². The molecule has 0 N–H and O–H groups in total. The van der Waals surface area contributed by atoms with Crippen molar-refractivity contribution in [3.63, 3.8) is 0 Å². The molecule has 0 saturated heterocycles. The summed E-state index contributed by atoms with van der Waals surface area (Å²) in [7, 11) is 0. The maximum atomic E-state index is 12.4. The zero-order chi connectivity index (χ0) is 26.7. The van der Waals surface area contributed by atoms with Gasteiger partial charge in [-0.1, -0.05) is 127 Å². The van der Waals surface area contributed by atoms with Crippen molar-refractivity contribution in [2.75, 3.05) is 13.2 Å². The average molecular weight is 497 g/mol. The van der Waals surface area contributed by atoms with E-state index in [1.165, 1.54) is 51.4 Å². The molecule has 0 bridgehead atoms. The second-order valence-electron chi connectivity index (χ2n) is 8.51. The number of esters is 2. The lowest BCUT2D eigenvalue weighted by Gasteiger charge is -2.10. The van der Waals surface area contributed by atoms with E-state index < -0.39 is 11.9 Å². The molecule has 4 nitrogen and oxygen atoms in total. The maximum absolute atomic E-state index is 12.4. The van der Waals surface area contributed by atoms with Crippen LogP contribution in [0.3, 0.4) is 0 Å². The number of benzene rings is 2. The van der Waals surface area contributed by atoms with Gasteiger partial charge in [0, 0.05) is 0 Å². The van der Waals surface area contributed by atoms with Gasteiger partial charge in [-0.2, -0.15) is 0 Å². The Bertz CT molecular complexity index is 697. The molecule has 0 aliphatic carbocycles. The minimum absolute atomic E-state index is 0.293. The second-order valence-corrected chi connectivity index (χ2v) is 8.51. The first-order valence-corrected chi connectivity index (χ1v) is 13.6. The lowest BCUT2D eigenvalue weighted by molar-refractivity contribution is 0.0450. The third kappa shape index (κ3) is 17.5. The molecule has 0 aliphatic rings. The molecule has 0 radical (unpaired) electrons. The fourth-order valence-corrected chi connectivity index (χ4v) is 3.47. The zero-order valence-electron chi connectivity index (χ0n) is 22.7. The summed E-state index contributed by atoms with van der Waals surface area (Å²) in [6.45, 7) is 11.2. The highest BCUT2D eigenvalue weighted by atomic mass is 16.5. The minimum atomic E-state index is -0.444. The van der Waals surface area contributed by atoms with Gasteiger partial charge in [-0.05, 0) is 25.0 Å². The van der Waals surface area contributed by atoms with Crippen LogP contribution in [-0.2, 0) is 9.47 Å². The molecule has 0 saturated carbocycles. The van der Waals surface area contributed by atoms with Crippen molar-refractivity contribution < 1.29 is 19.1 Å². The molecule has 2 aromatic rings. The molecule has 0 heterocycles. The molecular formula is C32H48O4. The molecule has 200 valence electrons. The summed E-state index contributed by atoms with van der Waals surface area (Å²) in [6.07, 6.45) is 13.6. The monoisotopic (exact) mass is 496 g/mol. The van der Waals surface area contributed by atoms with Crippen LogP contribution in [0.15, 0.2) is 73.8 Å². The predicted octanol–water partition coefficient (Wildman–Crippen LogP) is 9.21. The van der Waals surface area contributed by atoms with Gasteiger partial charge in [-0.15, -0.1) is 13.2 Å². The van der Waals surface area contributed by atoms with Crippen LogP contribution < -0.4 is 0 Å². The summed E-state index contributed by atoms with van der Waals surface area (Å²) in [5, 5.41) is 0. The molecular weight excluding hydrogens is 448 g/mol. The quantitative estimate of drug-likeness (QED) is 0.132. The average Bonchev–Trinajstić information content (AvgIpc) is 2.94. The highest BCUT2D eigenvalue weighted by Crippen LogP contribution is 2.14. The molecule has 2 aromatic carbocycles. The smallest absolute Gasteiger partial charge is 0.339 e. The molecule has 2 rings (SSSR count). The van der Waals surface area contributed by atoms with Gasteiger partial charge in [0.2, 0.25) is 0 Å². The van der Waals surface area contributed by atoms with Crippen LogP contribution in [-0.4, -0.2) is 25.2 Å². The van der Waals surface area contributed by atoms with Gasteiger partial charge in [0.15, 0.2) is 0 Å². The summed E-state index contributed by atoms with van der Waals surface area (Å²) in [6, 6.07) is 18.7. The minimum Gasteiger partial charge on any atom is -0.462 e. The number of ether oxygens (including phenoxy) is 2. The van der Waals surface area contributed by atoms with Crippen molar-refractivity contribution in [2.24, 2.45) is 0 Å². The maximum Gasteiger partial charge on any atom is 0.339 e. The van der Waals surface area contributed by atoms with Crippen molar-refractivity contribution in [1.82, 2.24) is 0 Å². The normalized spacial score (nSPS) is 9.72. The van der Waals surface area contributed by atoms with Crippen LogP contribution in [0.2, 0.25) is 0 Å². The topological polar surface area (TPSA) is 52.6 Å². The van der Waals surface area contributed by atoms with Crippen molar-refractivity contribution in [3.8, 4) is 0 Å². The molecule has 0 aromatic heterocycles. The van der Waals surface area contributed by atoms with Gasteiger partial charge in [0.25, 0.3) is 0 Å². The van der Waals surface area contributed by atoms with E-state index in [1.807, 2.05) is 36.4 Å². The molecule has 0 spiro atoms. The number of hydrogen-bond acceptors (Lipinski definition) is 4. The van der Waals surface area contributed by atoms with Gasteiger partial charge in [-0.3, -0.25) is 0 Å². The highest BCUT2D eigenvalue weighted by Gasteiger charge is 2.18. The van der Waals surface area contributed by atoms with Gasteiger partial charge >= 0.3 is 11.9 Å². The first-order valence-electron chi connectivity index (χ1n) is 13.6. The van der Waals surface area contributed by atoms with E-state index in [9.17, 15) is 9.59 Å². The van der Waals surface area contributed by atoms with Crippen LogP contribution in [0.5, 0.6) is 0 Å². The first kappa shape index (κ1) is 33.1. The van der Waals surface area contributed by atoms with Gasteiger partial charge in [0.05, 0.1) is 24.3 Å². The van der Waals surface area contributed by atoms with E-state index in [2.05, 4.69) is 27.0 Å². The lowest BCUT2D eigenvalue weighted by Crippen LogP contribution is -2.15. The van der Waals surface area contributed by atoms with E-state index in [4.69, 9.17) is 9.47 Å². The number of unbranched alkanes of at least 4 members (excludes halogenated alkanes) is 10. The largest absolute Gasteiger partial charge is 0.462 e. The number of rotatable bonds is 16. The first-order chi connectivity index (χ1) is 17.7. The number of carbonyl (C=O) groups excluding carboxylic acids is 2. The van der Waals surface area contributed by atoms with E-state index in [-0.39, 0.29) is 0 Å². The van der Waals surface area contributed by atoms with Gasteiger partial charge in [-0.25, -0.2) is 9.59 Å². The molecule has 36 heavy (non-hydrogen) atoms. The zero-order valence-corrected chi connectivity index (χ0v) is 22.7. The summed E-state index contributed by atoms with van der Waals surface area (Å²) < 4.78 is 10.7. The van der Waals surface area contributed by atoms with Crippen LogP contribution in [0, 0.1) is 0 Å². The molecule has 0 amide bonds. The Morgan fingerprint density at radius 3 is 1.17 bits per heavy atom. The van der Waals surface area contributed by atoms with Gasteiger partial charge < -0.3 is 9.47 Å². The third-order valence-corrected chi connectivity index (χ3v) is 5.50. The van der Waals surface area contributed by atoms with Crippen LogP contribution >= 0.6 is 0 Å². The van der Waals surface area contributed by atoms with E-state index in [0.717, 1.165) is 25.7 Å². The SMILES string of the molecule is C=C.CCCCCCCCOC(=O)c1ccccc1C(=O)OCCCCCCCC.c1ccccc1. The Labute approximate surface area is 220 Å². The summed E-state index contributed by atoms with van der Waals surface area (Å²) in [5.41, 5.74) is 0.586. The Morgan fingerprint density at radius 1 is 0.528 bits per heavy atom. The van der Waals surface area contributed by atoms with E-state index in [1.54, 1.807) is 24.3 Å². The molecule has 0 fully saturated rings. The molecule has 0 unspecified atom stereocenters. The lowest BCUT2D eigenvalue weighted by atomic mass is 10.1. The molecule has 0 atom stereocenters. The van der Waals surface area contributed by atoms with Crippen molar-refractivity contribution in [3.05, 3.63) is 84.9 Å². The van der Waals surface area contributed by atoms with Crippen molar-refractivity contribution >= 4 is 11.9 Å². The Morgan fingerprint density at radius 2 is 0.833 bits per heavy atom. The summed E-state index contributed by atoms with van der Waals surface area (Å²) in [5.74, 6) is -0.888.